The molecule has 0 atom stereocenters. The van der Waals surface area contributed by atoms with Crippen molar-refractivity contribution in [1.82, 2.24) is 9.97 Å². The highest BCUT2D eigenvalue weighted by atomic mass is 35.5. The number of rotatable bonds is 3. The van der Waals surface area contributed by atoms with Crippen molar-refractivity contribution in [2.45, 2.75) is 13.3 Å². The predicted octanol–water partition coefficient (Wildman–Crippen LogP) is 1.95. The molecular weight excluding hydrogens is 202 g/mol. The minimum absolute atomic E-state index is 0.207. The van der Waals surface area contributed by atoms with E-state index in [1.165, 1.54) is 6.08 Å². The Balaban J connectivity index is 2.76. The molecule has 5 heteroatoms. The number of nitrogens with one attached hydrogen (secondary N) is 1. The van der Waals surface area contributed by atoms with Gasteiger partial charge in [-0.3, -0.25) is 10.1 Å². The first-order chi connectivity index (χ1) is 6.61. The smallest absolute Gasteiger partial charge is 0.231 e. The molecule has 0 saturated carbocycles. The molecule has 0 radical (unpaired) electrons. The normalized spacial score (nSPS) is 9.57. The maximum absolute atomic E-state index is 11.1. The molecular formula is C9H10ClN3O. The Hall–Kier alpha value is -1.42. The van der Waals surface area contributed by atoms with Gasteiger partial charge in [-0.05, 0) is 13.0 Å². The average molecular weight is 212 g/mol. The van der Waals surface area contributed by atoms with Crippen molar-refractivity contribution in [1.29, 1.82) is 0 Å². The summed E-state index contributed by atoms with van der Waals surface area (Å²) in [5, 5.41) is 2.82. The van der Waals surface area contributed by atoms with Crippen LogP contribution >= 0.6 is 11.6 Å². The number of hydrogen-bond donors (Lipinski definition) is 1. The van der Waals surface area contributed by atoms with Crippen LogP contribution in [0.1, 0.15) is 12.1 Å². The second-order valence-electron chi connectivity index (χ2n) is 2.70. The summed E-state index contributed by atoms with van der Waals surface area (Å²) in [5.41, 5.74) is 0.707. The Labute approximate surface area is 87.0 Å². The SMILES string of the molecule is C=CCC(=O)Nc1nc(C)cc(Cl)n1. The lowest BCUT2D eigenvalue weighted by Crippen LogP contribution is -2.12. The Morgan fingerprint density at radius 3 is 3.00 bits per heavy atom. The maximum Gasteiger partial charge on any atom is 0.231 e. The Morgan fingerprint density at radius 1 is 1.71 bits per heavy atom. The molecule has 1 aromatic heterocycles. The third-order valence-corrected chi connectivity index (χ3v) is 1.60. The second-order valence-corrected chi connectivity index (χ2v) is 3.08. The fraction of sp³-hybridized carbons (Fsp3) is 0.222. The van der Waals surface area contributed by atoms with Gasteiger partial charge in [0.2, 0.25) is 11.9 Å². The number of aryl methyl sites for hydroxylation is 1. The topological polar surface area (TPSA) is 54.9 Å². The molecule has 14 heavy (non-hydrogen) atoms. The minimum atomic E-state index is -0.207. The van der Waals surface area contributed by atoms with Crippen molar-refractivity contribution >= 4 is 23.5 Å². The van der Waals surface area contributed by atoms with Gasteiger partial charge in [0.1, 0.15) is 5.15 Å². The summed E-state index contributed by atoms with van der Waals surface area (Å²) in [6.07, 6.45) is 1.74. The molecule has 0 fully saturated rings. The zero-order valence-electron chi connectivity index (χ0n) is 7.75. The lowest BCUT2D eigenvalue weighted by molar-refractivity contribution is -0.115. The van der Waals surface area contributed by atoms with Crippen LogP contribution < -0.4 is 5.32 Å². The standard InChI is InChI=1S/C9H10ClN3O/c1-3-4-8(14)13-9-11-6(2)5-7(10)12-9/h3,5H,1,4H2,2H3,(H,11,12,13,14). The molecule has 1 amide bonds. The summed E-state index contributed by atoms with van der Waals surface area (Å²) in [6, 6.07) is 1.62. The molecule has 0 bridgehead atoms. The Kier molecular flexibility index (Phi) is 3.59. The van der Waals surface area contributed by atoms with E-state index in [0.717, 1.165) is 0 Å². The first kappa shape index (κ1) is 10.7. The monoisotopic (exact) mass is 211 g/mol. The minimum Gasteiger partial charge on any atom is -0.294 e. The van der Waals surface area contributed by atoms with E-state index in [9.17, 15) is 4.79 Å². The molecule has 0 aromatic carbocycles. The van der Waals surface area contributed by atoms with Gasteiger partial charge < -0.3 is 0 Å². The van der Waals surface area contributed by atoms with Crippen molar-refractivity contribution in [3.8, 4) is 0 Å². The summed E-state index contributed by atoms with van der Waals surface area (Å²) in [7, 11) is 0. The molecule has 0 spiro atoms. The number of carbonyl (C=O) groups excluding carboxylic acids is 1. The third-order valence-electron chi connectivity index (χ3n) is 1.40. The van der Waals surface area contributed by atoms with Gasteiger partial charge in [0.15, 0.2) is 0 Å². The van der Waals surface area contributed by atoms with E-state index in [0.29, 0.717) is 10.8 Å². The van der Waals surface area contributed by atoms with E-state index in [1.54, 1.807) is 13.0 Å². The van der Waals surface area contributed by atoms with E-state index >= 15 is 0 Å². The first-order valence-corrected chi connectivity index (χ1v) is 4.41. The lowest BCUT2D eigenvalue weighted by Gasteiger charge is -2.02. The highest BCUT2D eigenvalue weighted by Gasteiger charge is 2.03. The van der Waals surface area contributed by atoms with E-state index in [4.69, 9.17) is 11.6 Å². The van der Waals surface area contributed by atoms with Crippen molar-refractivity contribution in [3.63, 3.8) is 0 Å². The predicted molar refractivity (Wildman–Crippen MR) is 55.2 cm³/mol. The van der Waals surface area contributed by atoms with Gasteiger partial charge in [-0.15, -0.1) is 6.58 Å². The zero-order valence-corrected chi connectivity index (χ0v) is 8.51. The van der Waals surface area contributed by atoms with Crippen molar-refractivity contribution in [2.75, 3.05) is 5.32 Å². The van der Waals surface area contributed by atoms with Crippen molar-refractivity contribution in [3.05, 3.63) is 29.6 Å². The van der Waals surface area contributed by atoms with Crippen LogP contribution in [0.4, 0.5) is 5.95 Å². The molecule has 0 aliphatic rings. The van der Waals surface area contributed by atoms with Crippen LogP contribution in [0.2, 0.25) is 5.15 Å². The molecule has 0 saturated heterocycles. The lowest BCUT2D eigenvalue weighted by atomic mass is 10.4. The number of carbonyl (C=O) groups is 1. The fourth-order valence-corrected chi connectivity index (χ4v) is 1.13. The molecule has 0 aliphatic carbocycles. The van der Waals surface area contributed by atoms with Crippen molar-refractivity contribution in [2.24, 2.45) is 0 Å². The third kappa shape index (κ3) is 3.14. The van der Waals surface area contributed by atoms with Crippen LogP contribution in [0, 0.1) is 6.92 Å². The molecule has 1 aromatic rings. The average Bonchev–Trinajstić information content (AvgIpc) is 2.01. The van der Waals surface area contributed by atoms with E-state index in [-0.39, 0.29) is 18.3 Å². The molecule has 0 aliphatic heterocycles. The van der Waals surface area contributed by atoms with Crippen LogP contribution in [-0.2, 0) is 4.79 Å². The summed E-state index contributed by atoms with van der Waals surface area (Å²) in [5.74, 6) is 0.0171. The highest BCUT2D eigenvalue weighted by molar-refractivity contribution is 6.29. The van der Waals surface area contributed by atoms with Gasteiger partial charge in [-0.2, -0.15) is 0 Å². The number of nitrogens with zero attached hydrogens (tertiary/aromatic N) is 2. The first-order valence-electron chi connectivity index (χ1n) is 4.03. The highest BCUT2D eigenvalue weighted by Crippen LogP contribution is 2.09. The van der Waals surface area contributed by atoms with Gasteiger partial charge >= 0.3 is 0 Å². The Morgan fingerprint density at radius 2 is 2.43 bits per heavy atom. The van der Waals surface area contributed by atoms with Gasteiger partial charge in [-0.25, -0.2) is 9.97 Å². The number of aromatic nitrogens is 2. The molecule has 74 valence electrons. The van der Waals surface area contributed by atoms with Gasteiger partial charge in [0.05, 0.1) is 0 Å². The fourth-order valence-electron chi connectivity index (χ4n) is 0.893. The number of anilines is 1. The molecule has 0 unspecified atom stereocenters. The van der Waals surface area contributed by atoms with Gasteiger partial charge in [0, 0.05) is 12.1 Å². The van der Waals surface area contributed by atoms with Gasteiger partial charge in [-0.1, -0.05) is 17.7 Å². The molecule has 1 heterocycles. The van der Waals surface area contributed by atoms with Crippen molar-refractivity contribution < 1.29 is 4.79 Å². The Bertz CT molecular complexity index is 345. The summed E-state index contributed by atoms with van der Waals surface area (Å²) < 4.78 is 0. The molecule has 1 N–H and O–H groups in total. The summed E-state index contributed by atoms with van der Waals surface area (Å²) in [6.45, 7) is 5.22. The van der Waals surface area contributed by atoms with Crippen LogP contribution in [0.25, 0.3) is 0 Å². The zero-order chi connectivity index (χ0) is 10.6. The van der Waals surface area contributed by atoms with Gasteiger partial charge in [0.25, 0.3) is 0 Å². The number of amides is 1. The molecule has 1 rings (SSSR count). The van der Waals surface area contributed by atoms with E-state index < -0.39 is 0 Å². The number of hydrogen-bond acceptors (Lipinski definition) is 3. The van der Waals surface area contributed by atoms with Crippen LogP contribution in [0.5, 0.6) is 0 Å². The van der Waals surface area contributed by atoms with E-state index in [2.05, 4.69) is 21.9 Å². The maximum atomic E-state index is 11.1. The quantitative estimate of drug-likeness (QED) is 0.614. The number of halogens is 1. The van der Waals surface area contributed by atoms with Crippen LogP contribution in [-0.4, -0.2) is 15.9 Å². The van der Waals surface area contributed by atoms with E-state index in [1.807, 2.05) is 0 Å². The largest absolute Gasteiger partial charge is 0.294 e. The summed E-state index contributed by atoms with van der Waals surface area (Å²) in [4.78, 5) is 19.0. The molecule has 4 nitrogen and oxygen atoms in total. The summed E-state index contributed by atoms with van der Waals surface area (Å²) >= 11 is 5.69. The van der Waals surface area contributed by atoms with Crippen LogP contribution in [0.15, 0.2) is 18.7 Å². The van der Waals surface area contributed by atoms with Crippen LogP contribution in [0.3, 0.4) is 0 Å². The second kappa shape index (κ2) is 4.72.